The maximum absolute atomic E-state index is 12.0. The highest BCUT2D eigenvalue weighted by molar-refractivity contribution is 5.81. The fourth-order valence-corrected chi connectivity index (χ4v) is 2.96. The topological polar surface area (TPSA) is 29.5 Å². The molecule has 4 heteroatoms. The van der Waals surface area contributed by atoms with Crippen molar-refractivity contribution in [2.45, 2.75) is 44.2 Å². The van der Waals surface area contributed by atoms with E-state index in [9.17, 15) is 9.18 Å². The minimum absolute atomic E-state index is 0.185. The lowest BCUT2D eigenvalue weighted by molar-refractivity contribution is -0.131. The molecule has 0 radical (unpaired) electrons. The van der Waals surface area contributed by atoms with Crippen LogP contribution in [0, 0.1) is 5.92 Å². The second-order valence-corrected chi connectivity index (χ2v) is 5.29. The van der Waals surface area contributed by atoms with Gasteiger partial charge in [-0.3, -0.25) is 14.1 Å². The molecule has 2 saturated heterocycles. The summed E-state index contributed by atoms with van der Waals surface area (Å²) in [5.74, 6) is 0.521. The number of Topliss-reactive ketones (excluding diaryl/α,β-unsaturated/α-hetero) is 1. The highest BCUT2D eigenvalue weighted by atomic mass is 19.1. The number of likely N-dealkylation sites (N-methyl/N-ethyl adjacent to an activating group) is 1. The Balaban J connectivity index is 1.84. The van der Waals surface area contributed by atoms with E-state index in [1.165, 1.54) is 0 Å². The van der Waals surface area contributed by atoms with Gasteiger partial charge in [0.25, 0.3) is 0 Å². The van der Waals surface area contributed by atoms with Crippen molar-refractivity contribution in [3.63, 3.8) is 0 Å². The number of carbonyl (C=O) groups excluding carboxylic acids is 1. The van der Waals surface area contributed by atoms with Crippen molar-refractivity contribution >= 4 is 5.78 Å². The van der Waals surface area contributed by atoms with Crippen molar-refractivity contribution < 1.29 is 13.9 Å². The molecule has 98 valence electrons. The summed E-state index contributed by atoms with van der Waals surface area (Å²) < 4.78 is 17.5. The molecule has 3 nitrogen and oxygen atoms in total. The zero-order valence-electron chi connectivity index (χ0n) is 10.5. The average Bonchev–Trinajstić information content (AvgIpc) is 2.28. The maximum atomic E-state index is 12.0. The lowest BCUT2D eigenvalue weighted by Crippen LogP contribution is -2.55. The lowest BCUT2D eigenvalue weighted by atomic mass is 9.81. The van der Waals surface area contributed by atoms with E-state index in [0.717, 1.165) is 26.1 Å². The highest BCUT2D eigenvalue weighted by Gasteiger charge is 2.38. The van der Waals surface area contributed by atoms with Crippen molar-refractivity contribution in [3.8, 4) is 0 Å². The van der Waals surface area contributed by atoms with Crippen LogP contribution in [0.2, 0.25) is 0 Å². The Bertz CT molecular complexity index is 258. The minimum atomic E-state index is -0.306. The number of hydrogen-bond donors (Lipinski definition) is 0. The molecule has 2 atom stereocenters. The number of ether oxygens (including phenoxy) is 1. The van der Waals surface area contributed by atoms with E-state index in [0.29, 0.717) is 37.1 Å². The number of nitrogens with zero attached hydrogens (tertiary/aromatic N) is 1. The van der Waals surface area contributed by atoms with Crippen LogP contribution in [0.4, 0.5) is 4.39 Å². The summed E-state index contributed by atoms with van der Waals surface area (Å²) >= 11 is 0. The molecule has 0 aromatic heterocycles. The van der Waals surface area contributed by atoms with Crippen LogP contribution in [0.1, 0.15) is 32.1 Å². The number of carbonyl (C=O) groups is 1. The number of hydrogen-bond acceptors (Lipinski definition) is 3. The van der Waals surface area contributed by atoms with Gasteiger partial charge in [-0.05, 0) is 32.7 Å². The van der Waals surface area contributed by atoms with Crippen LogP contribution >= 0.6 is 0 Å². The first-order valence-electron chi connectivity index (χ1n) is 6.60. The van der Waals surface area contributed by atoms with Gasteiger partial charge in [0, 0.05) is 24.4 Å². The van der Waals surface area contributed by atoms with E-state index in [1.807, 2.05) is 0 Å². The van der Waals surface area contributed by atoms with Gasteiger partial charge in [-0.15, -0.1) is 0 Å². The van der Waals surface area contributed by atoms with Gasteiger partial charge in [0.2, 0.25) is 0 Å². The normalized spacial score (nSPS) is 33.6. The summed E-state index contributed by atoms with van der Waals surface area (Å²) in [5, 5.41) is 0. The molecule has 0 saturated carbocycles. The molecule has 2 aliphatic heterocycles. The largest absolute Gasteiger partial charge is 0.378 e. The molecule has 0 spiro atoms. The Hall–Kier alpha value is -0.480. The second-order valence-electron chi connectivity index (χ2n) is 5.29. The molecule has 0 aliphatic carbocycles. The van der Waals surface area contributed by atoms with Gasteiger partial charge in [-0.25, -0.2) is 0 Å². The number of ketones is 1. The zero-order chi connectivity index (χ0) is 12.3. The van der Waals surface area contributed by atoms with Crippen LogP contribution in [-0.4, -0.2) is 49.7 Å². The van der Waals surface area contributed by atoms with Gasteiger partial charge < -0.3 is 4.74 Å². The van der Waals surface area contributed by atoms with E-state index in [-0.39, 0.29) is 12.6 Å². The number of piperidine rings is 1. The van der Waals surface area contributed by atoms with Crippen molar-refractivity contribution in [1.82, 2.24) is 4.90 Å². The van der Waals surface area contributed by atoms with Gasteiger partial charge in [0.1, 0.15) is 5.78 Å². The first-order valence-corrected chi connectivity index (χ1v) is 6.60. The highest BCUT2D eigenvalue weighted by Crippen LogP contribution is 2.31. The zero-order valence-corrected chi connectivity index (χ0v) is 10.5. The second kappa shape index (κ2) is 5.91. The summed E-state index contributed by atoms with van der Waals surface area (Å²) in [7, 11) is 2.13. The fraction of sp³-hybridized carbons (Fsp3) is 0.923. The molecule has 2 fully saturated rings. The van der Waals surface area contributed by atoms with Crippen LogP contribution in [0.15, 0.2) is 0 Å². The van der Waals surface area contributed by atoms with E-state index in [2.05, 4.69) is 11.9 Å². The minimum Gasteiger partial charge on any atom is -0.378 e. The molecule has 0 amide bonds. The maximum Gasteiger partial charge on any atom is 0.136 e. The molecule has 2 aliphatic rings. The number of alkyl halides is 1. The van der Waals surface area contributed by atoms with Crippen molar-refractivity contribution in [3.05, 3.63) is 0 Å². The summed E-state index contributed by atoms with van der Waals surface area (Å²) in [4.78, 5) is 14.4. The van der Waals surface area contributed by atoms with Crippen LogP contribution in [0.5, 0.6) is 0 Å². The number of rotatable bonds is 5. The molecule has 17 heavy (non-hydrogen) atoms. The van der Waals surface area contributed by atoms with Gasteiger partial charge in [-0.1, -0.05) is 0 Å². The Morgan fingerprint density at radius 3 is 2.53 bits per heavy atom. The van der Waals surface area contributed by atoms with E-state index in [4.69, 9.17) is 4.74 Å². The monoisotopic (exact) mass is 243 g/mol. The number of halogens is 1. The Labute approximate surface area is 102 Å². The molecule has 0 aromatic rings. The number of unbranched alkanes of at least 4 members (excludes halogenated alkanes) is 1. The molecule has 2 rings (SSSR count). The molecule has 0 N–H and O–H groups in total. The Morgan fingerprint density at radius 1 is 1.29 bits per heavy atom. The quantitative estimate of drug-likeness (QED) is 0.690. The third-order valence-electron chi connectivity index (χ3n) is 4.15. The third-order valence-corrected chi connectivity index (χ3v) is 4.15. The summed E-state index contributed by atoms with van der Waals surface area (Å²) in [6, 6.07) is 0.801. The molecule has 2 heterocycles. The molecular formula is C13H22FNO2. The SMILES string of the molecule is CN1C2COCC1CC(C(=O)CCCCF)C2. The molecule has 2 bridgehead atoms. The predicted molar refractivity (Wildman–Crippen MR) is 63.7 cm³/mol. The standard InChI is InChI=1S/C13H22FNO2/c1-15-11-6-10(7-12(15)9-17-8-11)13(16)4-2-3-5-14/h10-12H,2-9H2,1H3. The van der Waals surface area contributed by atoms with Crippen LogP contribution in [0.3, 0.4) is 0 Å². The Kier molecular flexibility index (Phi) is 4.51. The van der Waals surface area contributed by atoms with Gasteiger partial charge in [-0.2, -0.15) is 0 Å². The lowest BCUT2D eigenvalue weighted by Gasteiger charge is -2.46. The summed E-state index contributed by atoms with van der Waals surface area (Å²) in [5.41, 5.74) is 0. The smallest absolute Gasteiger partial charge is 0.136 e. The van der Waals surface area contributed by atoms with Gasteiger partial charge in [0.15, 0.2) is 0 Å². The number of morpholine rings is 1. The molecule has 0 aromatic carbocycles. The average molecular weight is 243 g/mol. The molecular weight excluding hydrogens is 221 g/mol. The van der Waals surface area contributed by atoms with E-state index >= 15 is 0 Å². The summed E-state index contributed by atoms with van der Waals surface area (Å²) in [6.07, 6.45) is 3.61. The van der Waals surface area contributed by atoms with Crippen LogP contribution in [-0.2, 0) is 9.53 Å². The van der Waals surface area contributed by atoms with Gasteiger partial charge in [0.05, 0.1) is 19.9 Å². The third kappa shape index (κ3) is 3.05. The van der Waals surface area contributed by atoms with E-state index in [1.54, 1.807) is 0 Å². The fourth-order valence-electron chi connectivity index (χ4n) is 2.96. The van der Waals surface area contributed by atoms with Gasteiger partial charge >= 0.3 is 0 Å². The summed E-state index contributed by atoms with van der Waals surface area (Å²) in [6.45, 7) is 1.20. The number of fused-ring (bicyclic) bond motifs is 2. The van der Waals surface area contributed by atoms with Crippen LogP contribution < -0.4 is 0 Å². The predicted octanol–water partition coefficient (Wildman–Crippen LogP) is 1.80. The van der Waals surface area contributed by atoms with E-state index < -0.39 is 0 Å². The Morgan fingerprint density at radius 2 is 1.94 bits per heavy atom. The first kappa shape index (κ1) is 13.0. The van der Waals surface area contributed by atoms with Crippen molar-refractivity contribution in [2.24, 2.45) is 5.92 Å². The van der Waals surface area contributed by atoms with Crippen molar-refractivity contribution in [1.29, 1.82) is 0 Å². The van der Waals surface area contributed by atoms with Crippen LogP contribution in [0.25, 0.3) is 0 Å². The van der Waals surface area contributed by atoms with Crippen molar-refractivity contribution in [2.75, 3.05) is 26.9 Å². The first-order chi connectivity index (χ1) is 8.22. The molecule has 2 unspecified atom stereocenters.